The Kier molecular flexibility index (Phi) is 6.52. The third-order valence-corrected chi connectivity index (χ3v) is 3.20. The molecule has 1 atom stereocenters. The zero-order chi connectivity index (χ0) is 15.8. The molecule has 6 heteroatoms. The molecule has 3 N–H and O–H groups in total. The van der Waals surface area contributed by atoms with Crippen LogP contribution in [0.1, 0.15) is 31.1 Å². The maximum atomic E-state index is 12.6. The first-order chi connectivity index (χ1) is 10.0. The summed E-state index contributed by atoms with van der Waals surface area (Å²) in [4.78, 5) is 14.3. The summed E-state index contributed by atoms with van der Waals surface area (Å²) in [6.07, 6.45) is 0. The molecule has 1 unspecified atom stereocenters. The van der Waals surface area contributed by atoms with Crippen LogP contribution >= 0.6 is 0 Å². The molecular weight excluding hydrogens is 270 g/mol. The van der Waals surface area contributed by atoms with Gasteiger partial charge in [-0.1, -0.05) is 24.2 Å². The van der Waals surface area contributed by atoms with E-state index in [4.69, 9.17) is 15.7 Å². The van der Waals surface area contributed by atoms with Crippen LogP contribution in [-0.4, -0.2) is 41.5 Å². The van der Waals surface area contributed by atoms with E-state index in [0.717, 1.165) is 0 Å². The summed E-state index contributed by atoms with van der Waals surface area (Å²) in [5.41, 5.74) is 6.09. The van der Waals surface area contributed by atoms with Gasteiger partial charge in [-0.25, -0.2) is 0 Å². The van der Waals surface area contributed by atoms with Gasteiger partial charge >= 0.3 is 0 Å². The minimum atomic E-state index is -0.224. The maximum absolute atomic E-state index is 12.6. The fourth-order valence-corrected chi connectivity index (χ4v) is 1.97. The Balaban J connectivity index is 2.93. The van der Waals surface area contributed by atoms with Crippen molar-refractivity contribution in [3.05, 3.63) is 29.8 Å². The molecule has 0 radical (unpaired) electrons. The van der Waals surface area contributed by atoms with Crippen molar-refractivity contribution in [2.24, 2.45) is 16.8 Å². The van der Waals surface area contributed by atoms with Gasteiger partial charge in [-0.3, -0.25) is 4.79 Å². The van der Waals surface area contributed by atoms with Crippen molar-refractivity contribution in [2.45, 2.75) is 20.8 Å². The lowest BCUT2D eigenvalue weighted by atomic mass is 10.1. The summed E-state index contributed by atoms with van der Waals surface area (Å²) in [5, 5.41) is 11.7. The van der Waals surface area contributed by atoms with Crippen molar-refractivity contribution in [3.8, 4) is 5.75 Å². The van der Waals surface area contributed by atoms with Gasteiger partial charge in [0.15, 0.2) is 0 Å². The largest absolute Gasteiger partial charge is 0.493 e. The van der Waals surface area contributed by atoms with E-state index in [1.165, 1.54) is 0 Å². The number of carbonyl (C=O) groups is 1. The SMILES string of the molecule is CCOc1ccccc1C(=O)N(CC)CC(C)C(N)=NO. The van der Waals surface area contributed by atoms with Crippen LogP contribution in [0, 0.1) is 5.92 Å². The monoisotopic (exact) mass is 293 g/mol. The molecule has 116 valence electrons. The highest BCUT2D eigenvalue weighted by Gasteiger charge is 2.21. The Labute approximate surface area is 125 Å². The van der Waals surface area contributed by atoms with Gasteiger partial charge < -0.3 is 20.6 Å². The number of nitrogens with zero attached hydrogens (tertiary/aromatic N) is 2. The zero-order valence-electron chi connectivity index (χ0n) is 12.7. The quantitative estimate of drug-likeness (QED) is 0.348. The van der Waals surface area contributed by atoms with Crippen LogP contribution in [0.5, 0.6) is 5.75 Å². The summed E-state index contributed by atoms with van der Waals surface area (Å²) in [7, 11) is 0. The van der Waals surface area contributed by atoms with E-state index in [9.17, 15) is 4.79 Å². The van der Waals surface area contributed by atoms with Gasteiger partial charge in [0.25, 0.3) is 5.91 Å². The number of hydrogen-bond donors (Lipinski definition) is 2. The fraction of sp³-hybridized carbons (Fsp3) is 0.467. The first kappa shape index (κ1) is 16.8. The van der Waals surface area contributed by atoms with Crippen LogP contribution in [0.15, 0.2) is 29.4 Å². The molecular formula is C15H23N3O3. The second-order valence-corrected chi connectivity index (χ2v) is 4.70. The highest BCUT2D eigenvalue weighted by molar-refractivity contribution is 5.97. The van der Waals surface area contributed by atoms with Crippen molar-refractivity contribution >= 4 is 11.7 Å². The molecule has 1 aromatic carbocycles. The molecule has 0 aromatic heterocycles. The van der Waals surface area contributed by atoms with Crippen molar-refractivity contribution in [1.82, 2.24) is 4.90 Å². The number of rotatable bonds is 7. The number of ether oxygens (including phenoxy) is 1. The van der Waals surface area contributed by atoms with Gasteiger partial charge in [0.05, 0.1) is 12.2 Å². The molecule has 21 heavy (non-hydrogen) atoms. The van der Waals surface area contributed by atoms with Crippen LogP contribution in [0.4, 0.5) is 0 Å². The second-order valence-electron chi connectivity index (χ2n) is 4.70. The summed E-state index contributed by atoms with van der Waals surface area (Å²) in [5.74, 6) is 0.330. The van der Waals surface area contributed by atoms with Crippen LogP contribution in [-0.2, 0) is 0 Å². The smallest absolute Gasteiger partial charge is 0.257 e. The fourth-order valence-electron chi connectivity index (χ4n) is 1.97. The van der Waals surface area contributed by atoms with E-state index in [-0.39, 0.29) is 17.7 Å². The normalized spacial score (nSPS) is 12.8. The van der Waals surface area contributed by atoms with Crippen LogP contribution in [0.2, 0.25) is 0 Å². The predicted octanol–water partition coefficient (Wildman–Crippen LogP) is 1.93. The Hall–Kier alpha value is -2.24. The third kappa shape index (κ3) is 4.37. The molecule has 0 bridgehead atoms. The van der Waals surface area contributed by atoms with Gasteiger partial charge in [-0.2, -0.15) is 0 Å². The minimum absolute atomic E-state index is 0.111. The number of para-hydroxylation sites is 1. The Morgan fingerprint density at radius 2 is 2.10 bits per heavy atom. The number of hydrogen-bond acceptors (Lipinski definition) is 4. The average molecular weight is 293 g/mol. The van der Waals surface area contributed by atoms with Crippen molar-refractivity contribution < 1.29 is 14.7 Å². The lowest BCUT2D eigenvalue weighted by Crippen LogP contribution is -2.38. The number of benzene rings is 1. The first-order valence-electron chi connectivity index (χ1n) is 7.03. The Bertz CT molecular complexity index is 503. The number of amides is 1. The molecule has 1 aromatic rings. The highest BCUT2D eigenvalue weighted by atomic mass is 16.5. The lowest BCUT2D eigenvalue weighted by Gasteiger charge is -2.25. The van der Waals surface area contributed by atoms with Crippen LogP contribution in [0.3, 0.4) is 0 Å². The summed E-state index contributed by atoms with van der Waals surface area (Å²) in [6, 6.07) is 7.15. The van der Waals surface area contributed by atoms with Gasteiger partial charge in [0.1, 0.15) is 11.6 Å². The topological polar surface area (TPSA) is 88.2 Å². The van der Waals surface area contributed by atoms with Crippen molar-refractivity contribution in [3.63, 3.8) is 0 Å². The molecule has 0 heterocycles. The van der Waals surface area contributed by atoms with Gasteiger partial charge in [-0.15, -0.1) is 0 Å². The molecule has 0 fully saturated rings. The third-order valence-electron chi connectivity index (χ3n) is 3.20. The average Bonchev–Trinajstić information content (AvgIpc) is 2.51. The number of amidine groups is 1. The number of oxime groups is 1. The second kappa shape index (κ2) is 8.14. The minimum Gasteiger partial charge on any atom is -0.493 e. The van der Waals surface area contributed by atoms with E-state index in [1.807, 2.05) is 19.9 Å². The number of nitrogens with two attached hydrogens (primary N) is 1. The zero-order valence-corrected chi connectivity index (χ0v) is 12.7. The summed E-state index contributed by atoms with van der Waals surface area (Å²) in [6.45, 7) is 6.98. The van der Waals surface area contributed by atoms with Crippen LogP contribution in [0.25, 0.3) is 0 Å². The van der Waals surface area contributed by atoms with E-state index >= 15 is 0 Å². The Morgan fingerprint density at radius 1 is 1.43 bits per heavy atom. The molecule has 0 spiro atoms. The molecule has 0 saturated carbocycles. The van der Waals surface area contributed by atoms with Crippen molar-refractivity contribution in [2.75, 3.05) is 19.7 Å². The van der Waals surface area contributed by atoms with E-state index in [1.54, 1.807) is 30.0 Å². The molecule has 0 saturated heterocycles. The van der Waals surface area contributed by atoms with E-state index < -0.39 is 0 Å². The van der Waals surface area contributed by atoms with Gasteiger partial charge in [0.2, 0.25) is 0 Å². The molecule has 0 aliphatic rings. The predicted molar refractivity (Wildman–Crippen MR) is 81.8 cm³/mol. The summed E-state index contributed by atoms with van der Waals surface area (Å²) < 4.78 is 5.49. The van der Waals surface area contributed by atoms with Crippen molar-refractivity contribution in [1.29, 1.82) is 0 Å². The standard InChI is InChI=1S/C15H23N3O3/c1-4-18(10-11(3)14(16)17-20)15(19)12-8-6-7-9-13(12)21-5-2/h6-9,11,20H,4-5,10H2,1-3H3,(H2,16,17). The molecule has 1 amide bonds. The molecule has 0 aliphatic carbocycles. The first-order valence-corrected chi connectivity index (χ1v) is 7.03. The number of carbonyl (C=O) groups excluding carboxylic acids is 1. The van der Waals surface area contributed by atoms with Gasteiger partial charge in [-0.05, 0) is 26.0 Å². The maximum Gasteiger partial charge on any atom is 0.257 e. The highest BCUT2D eigenvalue weighted by Crippen LogP contribution is 2.20. The molecule has 0 aliphatic heterocycles. The lowest BCUT2D eigenvalue weighted by molar-refractivity contribution is 0.0749. The molecule has 1 rings (SSSR count). The molecule has 6 nitrogen and oxygen atoms in total. The van der Waals surface area contributed by atoms with Gasteiger partial charge in [0, 0.05) is 19.0 Å². The summed E-state index contributed by atoms with van der Waals surface area (Å²) >= 11 is 0. The van der Waals surface area contributed by atoms with E-state index in [2.05, 4.69) is 5.16 Å². The Morgan fingerprint density at radius 3 is 2.67 bits per heavy atom. The van der Waals surface area contributed by atoms with E-state index in [0.29, 0.717) is 31.0 Å². The van der Waals surface area contributed by atoms with Crippen LogP contribution < -0.4 is 10.5 Å².